The van der Waals surface area contributed by atoms with Crippen molar-refractivity contribution in [2.75, 3.05) is 26.2 Å². The van der Waals surface area contributed by atoms with Crippen molar-refractivity contribution in [3.63, 3.8) is 0 Å². The van der Waals surface area contributed by atoms with Gasteiger partial charge in [-0.1, -0.05) is 13.8 Å². The normalized spacial score (nSPS) is 10.8. The Hall–Kier alpha value is -1.35. The molecule has 0 atom stereocenters. The fourth-order valence-corrected chi connectivity index (χ4v) is 2.14. The maximum atomic E-state index is 12.1. The summed E-state index contributed by atoms with van der Waals surface area (Å²) < 4.78 is 0. The predicted octanol–water partition coefficient (Wildman–Crippen LogP) is 2.68. The van der Waals surface area contributed by atoms with E-state index in [1.807, 2.05) is 12.1 Å². The van der Waals surface area contributed by atoms with Gasteiger partial charge in [0.2, 0.25) is 0 Å². The predicted molar refractivity (Wildman–Crippen MR) is 80.8 cm³/mol. The highest BCUT2D eigenvalue weighted by Gasteiger charge is 2.08. The zero-order valence-corrected chi connectivity index (χ0v) is 12.8. The highest BCUT2D eigenvalue weighted by atomic mass is 16.1. The van der Waals surface area contributed by atoms with Crippen LogP contribution in [0, 0.1) is 20.8 Å². The van der Waals surface area contributed by atoms with Gasteiger partial charge < -0.3 is 10.2 Å². The zero-order valence-electron chi connectivity index (χ0n) is 12.8. The minimum atomic E-state index is 0.0263. The number of hydrogen-bond acceptors (Lipinski definition) is 2. The van der Waals surface area contributed by atoms with Gasteiger partial charge in [0.1, 0.15) is 0 Å². The van der Waals surface area contributed by atoms with Gasteiger partial charge in [-0.3, -0.25) is 4.79 Å². The Bertz CT molecular complexity index is 413. The highest BCUT2D eigenvalue weighted by molar-refractivity contribution is 5.94. The molecular weight excluding hydrogens is 236 g/mol. The van der Waals surface area contributed by atoms with Gasteiger partial charge in [0.15, 0.2) is 0 Å². The largest absolute Gasteiger partial charge is 0.351 e. The second-order valence-electron chi connectivity index (χ2n) is 5.02. The van der Waals surface area contributed by atoms with Crippen molar-refractivity contribution in [3.05, 3.63) is 34.4 Å². The molecule has 0 fully saturated rings. The average Bonchev–Trinajstić information content (AvgIpc) is 2.40. The number of rotatable bonds is 6. The van der Waals surface area contributed by atoms with Crippen molar-refractivity contribution < 1.29 is 4.79 Å². The number of nitrogens with zero attached hydrogens (tertiary/aromatic N) is 1. The van der Waals surface area contributed by atoms with Gasteiger partial charge in [0.25, 0.3) is 5.91 Å². The molecule has 0 aromatic heterocycles. The van der Waals surface area contributed by atoms with E-state index in [9.17, 15) is 4.79 Å². The molecule has 0 saturated heterocycles. The number of carbonyl (C=O) groups excluding carboxylic acids is 1. The Morgan fingerprint density at radius 3 is 2.11 bits per heavy atom. The molecule has 0 saturated carbocycles. The van der Waals surface area contributed by atoms with Crippen molar-refractivity contribution in [3.8, 4) is 0 Å². The lowest BCUT2D eigenvalue weighted by Gasteiger charge is -2.18. The molecule has 106 valence electrons. The fourth-order valence-electron chi connectivity index (χ4n) is 2.14. The lowest BCUT2D eigenvalue weighted by Crippen LogP contribution is -2.34. The Morgan fingerprint density at radius 2 is 1.63 bits per heavy atom. The first-order valence-corrected chi connectivity index (χ1v) is 7.08. The van der Waals surface area contributed by atoms with Crippen LogP contribution in [0.15, 0.2) is 12.1 Å². The Labute approximate surface area is 117 Å². The summed E-state index contributed by atoms with van der Waals surface area (Å²) >= 11 is 0. The van der Waals surface area contributed by atoms with E-state index < -0.39 is 0 Å². The van der Waals surface area contributed by atoms with Crippen LogP contribution in [0.4, 0.5) is 0 Å². The summed E-state index contributed by atoms with van der Waals surface area (Å²) in [4.78, 5) is 14.4. The first-order valence-electron chi connectivity index (χ1n) is 7.08. The summed E-state index contributed by atoms with van der Waals surface area (Å²) in [7, 11) is 0. The third-order valence-electron chi connectivity index (χ3n) is 3.80. The van der Waals surface area contributed by atoms with E-state index in [4.69, 9.17) is 0 Å². The molecule has 0 aliphatic heterocycles. The molecule has 1 aromatic rings. The van der Waals surface area contributed by atoms with Crippen LogP contribution in [0.1, 0.15) is 40.9 Å². The maximum absolute atomic E-state index is 12.1. The molecule has 0 bridgehead atoms. The molecule has 3 nitrogen and oxygen atoms in total. The summed E-state index contributed by atoms with van der Waals surface area (Å²) in [6.07, 6.45) is 0. The summed E-state index contributed by atoms with van der Waals surface area (Å²) in [6.45, 7) is 14.1. The lowest BCUT2D eigenvalue weighted by molar-refractivity contribution is 0.0948. The molecule has 1 rings (SSSR count). The topological polar surface area (TPSA) is 32.3 Å². The van der Waals surface area contributed by atoms with Gasteiger partial charge in [-0.2, -0.15) is 0 Å². The van der Waals surface area contributed by atoms with Crippen molar-refractivity contribution in [1.29, 1.82) is 0 Å². The molecule has 0 radical (unpaired) electrons. The van der Waals surface area contributed by atoms with Crippen LogP contribution < -0.4 is 5.32 Å². The quantitative estimate of drug-likeness (QED) is 0.855. The molecule has 0 heterocycles. The van der Waals surface area contributed by atoms with Crippen LogP contribution in [0.2, 0.25) is 0 Å². The number of nitrogens with one attached hydrogen (secondary N) is 1. The standard InChI is InChI=1S/C16H26N2O/c1-6-18(7-2)9-8-17-16(19)15-10-12(3)14(5)13(4)11-15/h10-11H,6-9H2,1-5H3,(H,17,19). The number of likely N-dealkylation sites (N-methyl/N-ethyl adjacent to an activating group) is 1. The van der Waals surface area contributed by atoms with Crippen LogP contribution in [0.3, 0.4) is 0 Å². The second kappa shape index (κ2) is 7.29. The second-order valence-corrected chi connectivity index (χ2v) is 5.02. The van der Waals surface area contributed by atoms with Gasteiger partial charge in [-0.25, -0.2) is 0 Å². The van der Waals surface area contributed by atoms with E-state index in [1.54, 1.807) is 0 Å². The first kappa shape index (κ1) is 15.7. The van der Waals surface area contributed by atoms with Crippen LogP contribution >= 0.6 is 0 Å². The molecule has 19 heavy (non-hydrogen) atoms. The van der Waals surface area contributed by atoms with E-state index in [1.165, 1.54) is 16.7 Å². The SMILES string of the molecule is CCN(CC)CCNC(=O)c1cc(C)c(C)c(C)c1. The van der Waals surface area contributed by atoms with Crippen molar-refractivity contribution >= 4 is 5.91 Å². The molecule has 0 unspecified atom stereocenters. The first-order chi connectivity index (χ1) is 8.99. The van der Waals surface area contributed by atoms with Crippen molar-refractivity contribution in [2.24, 2.45) is 0 Å². The maximum Gasteiger partial charge on any atom is 0.251 e. The van der Waals surface area contributed by atoms with Crippen LogP contribution in [0.5, 0.6) is 0 Å². The van der Waals surface area contributed by atoms with Gasteiger partial charge in [0.05, 0.1) is 0 Å². The van der Waals surface area contributed by atoms with E-state index >= 15 is 0 Å². The third kappa shape index (κ3) is 4.35. The van der Waals surface area contributed by atoms with Gasteiger partial charge in [0, 0.05) is 18.7 Å². The average molecular weight is 262 g/mol. The zero-order chi connectivity index (χ0) is 14.4. The van der Waals surface area contributed by atoms with Crippen LogP contribution in [0.25, 0.3) is 0 Å². The van der Waals surface area contributed by atoms with E-state index in [0.29, 0.717) is 6.54 Å². The third-order valence-corrected chi connectivity index (χ3v) is 3.80. The summed E-state index contributed by atoms with van der Waals surface area (Å²) in [5, 5.41) is 2.99. The number of hydrogen-bond donors (Lipinski definition) is 1. The Kier molecular flexibility index (Phi) is 6.03. The van der Waals surface area contributed by atoms with Gasteiger partial charge >= 0.3 is 0 Å². The molecule has 3 heteroatoms. The fraction of sp³-hybridized carbons (Fsp3) is 0.562. The summed E-state index contributed by atoms with van der Waals surface area (Å²) in [5.74, 6) is 0.0263. The van der Waals surface area contributed by atoms with Gasteiger partial charge in [-0.05, 0) is 62.7 Å². The van der Waals surface area contributed by atoms with Crippen LogP contribution in [-0.2, 0) is 0 Å². The van der Waals surface area contributed by atoms with Crippen molar-refractivity contribution in [2.45, 2.75) is 34.6 Å². The molecule has 1 N–H and O–H groups in total. The number of benzene rings is 1. The number of carbonyl (C=O) groups is 1. The molecule has 1 amide bonds. The molecule has 0 spiro atoms. The van der Waals surface area contributed by atoms with E-state index in [0.717, 1.165) is 25.2 Å². The number of aryl methyl sites for hydroxylation is 2. The van der Waals surface area contributed by atoms with Gasteiger partial charge in [-0.15, -0.1) is 0 Å². The molecule has 1 aromatic carbocycles. The minimum absolute atomic E-state index is 0.0263. The smallest absolute Gasteiger partial charge is 0.251 e. The van der Waals surface area contributed by atoms with Crippen LogP contribution in [-0.4, -0.2) is 37.0 Å². The molecule has 0 aliphatic carbocycles. The molecular formula is C16H26N2O. The summed E-state index contributed by atoms with van der Waals surface area (Å²) in [5.41, 5.74) is 4.38. The Morgan fingerprint density at radius 1 is 1.11 bits per heavy atom. The minimum Gasteiger partial charge on any atom is -0.351 e. The monoisotopic (exact) mass is 262 g/mol. The molecule has 0 aliphatic rings. The summed E-state index contributed by atoms with van der Waals surface area (Å²) in [6, 6.07) is 3.93. The highest BCUT2D eigenvalue weighted by Crippen LogP contribution is 2.15. The van der Waals surface area contributed by atoms with E-state index in [-0.39, 0.29) is 5.91 Å². The Balaban J connectivity index is 2.59. The number of amides is 1. The van der Waals surface area contributed by atoms with E-state index in [2.05, 4.69) is 44.8 Å². The lowest BCUT2D eigenvalue weighted by atomic mass is 10.0. The van der Waals surface area contributed by atoms with Crippen molar-refractivity contribution in [1.82, 2.24) is 10.2 Å².